The van der Waals surface area contributed by atoms with Crippen molar-refractivity contribution in [2.45, 2.75) is 19.8 Å². The summed E-state index contributed by atoms with van der Waals surface area (Å²) in [6, 6.07) is 1.91. The SMILES string of the molecule is Cc1cc(NCCNC(=O)C2CC2)n2ncnc2n1. The van der Waals surface area contributed by atoms with Gasteiger partial charge in [-0.2, -0.15) is 14.6 Å². The Morgan fingerprint density at radius 2 is 2.32 bits per heavy atom. The molecule has 2 aromatic heterocycles. The Balaban J connectivity index is 1.58. The Labute approximate surface area is 110 Å². The Bertz CT molecular complexity index is 603. The second kappa shape index (κ2) is 4.83. The lowest BCUT2D eigenvalue weighted by molar-refractivity contribution is -0.122. The van der Waals surface area contributed by atoms with Crippen LogP contribution in [0, 0.1) is 12.8 Å². The molecule has 0 radical (unpaired) electrons. The van der Waals surface area contributed by atoms with E-state index in [1.165, 1.54) is 6.33 Å². The van der Waals surface area contributed by atoms with Gasteiger partial charge in [-0.05, 0) is 19.8 Å². The quantitative estimate of drug-likeness (QED) is 0.759. The minimum Gasteiger partial charge on any atom is -0.368 e. The fourth-order valence-electron chi connectivity index (χ4n) is 1.92. The molecule has 19 heavy (non-hydrogen) atoms. The molecule has 100 valence electrons. The average Bonchev–Trinajstić information content (AvgIpc) is 3.13. The zero-order chi connectivity index (χ0) is 13.2. The van der Waals surface area contributed by atoms with E-state index >= 15 is 0 Å². The van der Waals surface area contributed by atoms with Gasteiger partial charge in [0.05, 0.1) is 0 Å². The van der Waals surface area contributed by atoms with Crippen LogP contribution in [0.3, 0.4) is 0 Å². The van der Waals surface area contributed by atoms with Crippen LogP contribution in [0.25, 0.3) is 5.78 Å². The van der Waals surface area contributed by atoms with E-state index in [0.717, 1.165) is 24.4 Å². The molecule has 1 fully saturated rings. The van der Waals surface area contributed by atoms with Crippen LogP contribution in [0.4, 0.5) is 5.82 Å². The van der Waals surface area contributed by atoms with Crippen molar-refractivity contribution in [1.29, 1.82) is 0 Å². The number of rotatable bonds is 5. The summed E-state index contributed by atoms with van der Waals surface area (Å²) in [5.41, 5.74) is 0.880. The van der Waals surface area contributed by atoms with Crippen molar-refractivity contribution in [2.24, 2.45) is 5.92 Å². The second-order valence-electron chi connectivity index (χ2n) is 4.75. The van der Waals surface area contributed by atoms with Crippen LogP contribution >= 0.6 is 0 Å². The Morgan fingerprint density at radius 3 is 3.11 bits per heavy atom. The number of aromatic nitrogens is 4. The van der Waals surface area contributed by atoms with Gasteiger partial charge in [-0.25, -0.2) is 4.98 Å². The summed E-state index contributed by atoms with van der Waals surface area (Å²) in [4.78, 5) is 19.8. The molecule has 1 amide bonds. The molecule has 0 bridgehead atoms. The molecule has 0 unspecified atom stereocenters. The minimum absolute atomic E-state index is 0.165. The number of carbonyl (C=O) groups is 1. The number of nitrogens with zero attached hydrogens (tertiary/aromatic N) is 4. The Morgan fingerprint density at radius 1 is 1.47 bits per heavy atom. The number of hydrogen-bond acceptors (Lipinski definition) is 5. The van der Waals surface area contributed by atoms with Gasteiger partial charge in [-0.15, -0.1) is 0 Å². The molecule has 2 aromatic rings. The summed E-state index contributed by atoms with van der Waals surface area (Å²) in [7, 11) is 0. The van der Waals surface area contributed by atoms with E-state index < -0.39 is 0 Å². The number of fused-ring (bicyclic) bond motifs is 1. The van der Waals surface area contributed by atoms with Crippen LogP contribution in [0.1, 0.15) is 18.5 Å². The van der Waals surface area contributed by atoms with Gasteiger partial charge in [-0.3, -0.25) is 4.79 Å². The van der Waals surface area contributed by atoms with Crippen molar-refractivity contribution in [1.82, 2.24) is 24.9 Å². The van der Waals surface area contributed by atoms with Crippen molar-refractivity contribution in [3.63, 3.8) is 0 Å². The van der Waals surface area contributed by atoms with Crippen molar-refractivity contribution < 1.29 is 4.79 Å². The molecular weight excluding hydrogens is 244 g/mol. The Hall–Kier alpha value is -2.18. The van der Waals surface area contributed by atoms with E-state index in [2.05, 4.69) is 25.7 Å². The lowest BCUT2D eigenvalue weighted by atomic mass is 10.4. The highest BCUT2D eigenvalue weighted by Crippen LogP contribution is 2.28. The maximum Gasteiger partial charge on any atom is 0.254 e. The number of nitrogens with one attached hydrogen (secondary N) is 2. The van der Waals surface area contributed by atoms with Crippen molar-refractivity contribution in [2.75, 3.05) is 18.4 Å². The van der Waals surface area contributed by atoms with Crippen molar-refractivity contribution in [3.05, 3.63) is 18.1 Å². The van der Waals surface area contributed by atoms with Gasteiger partial charge in [-0.1, -0.05) is 0 Å². The molecule has 0 spiro atoms. The van der Waals surface area contributed by atoms with Crippen LogP contribution in [0.5, 0.6) is 0 Å². The molecular formula is C12H16N6O. The first-order chi connectivity index (χ1) is 9.24. The van der Waals surface area contributed by atoms with Crippen LogP contribution in [-0.2, 0) is 4.79 Å². The van der Waals surface area contributed by atoms with E-state index in [9.17, 15) is 4.79 Å². The van der Waals surface area contributed by atoms with Crippen LogP contribution in [0.2, 0.25) is 0 Å². The van der Waals surface area contributed by atoms with Crippen LogP contribution < -0.4 is 10.6 Å². The molecule has 1 saturated carbocycles. The number of hydrogen-bond donors (Lipinski definition) is 2. The molecule has 7 nitrogen and oxygen atoms in total. The number of carbonyl (C=O) groups excluding carboxylic acids is 1. The van der Waals surface area contributed by atoms with E-state index in [-0.39, 0.29) is 11.8 Å². The average molecular weight is 260 g/mol. The molecule has 7 heteroatoms. The summed E-state index contributed by atoms with van der Waals surface area (Å²) < 4.78 is 1.65. The molecule has 1 aliphatic rings. The fraction of sp³-hybridized carbons (Fsp3) is 0.500. The predicted molar refractivity (Wildman–Crippen MR) is 69.7 cm³/mol. The van der Waals surface area contributed by atoms with Gasteiger partial charge in [0.25, 0.3) is 5.78 Å². The number of anilines is 1. The first-order valence-corrected chi connectivity index (χ1v) is 6.43. The summed E-state index contributed by atoms with van der Waals surface area (Å²) in [5.74, 6) is 1.83. The first-order valence-electron chi connectivity index (χ1n) is 6.43. The largest absolute Gasteiger partial charge is 0.368 e. The molecule has 0 saturated heterocycles. The summed E-state index contributed by atoms with van der Waals surface area (Å²) >= 11 is 0. The van der Waals surface area contributed by atoms with Crippen molar-refractivity contribution in [3.8, 4) is 0 Å². The molecule has 0 aromatic carbocycles. The minimum atomic E-state index is 0.165. The van der Waals surface area contributed by atoms with Gasteiger partial charge in [0, 0.05) is 30.8 Å². The topological polar surface area (TPSA) is 84.2 Å². The highest BCUT2D eigenvalue weighted by atomic mass is 16.2. The third-order valence-electron chi connectivity index (χ3n) is 3.06. The highest BCUT2D eigenvalue weighted by molar-refractivity contribution is 5.80. The van der Waals surface area contributed by atoms with E-state index in [1.54, 1.807) is 4.52 Å². The molecule has 2 N–H and O–H groups in total. The predicted octanol–water partition coefficient (Wildman–Crippen LogP) is 0.371. The van der Waals surface area contributed by atoms with E-state index in [1.807, 2.05) is 13.0 Å². The summed E-state index contributed by atoms with van der Waals surface area (Å²) in [5, 5.41) is 10.2. The number of amides is 1. The lowest BCUT2D eigenvalue weighted by Crippen LogP contribution is -2.30. The normalized spacial score (nSPS) is 14.6. The zero-order valence-corrected chi connectivity index (χ0v) is 10.8. The third kappa shape index (κ3) is 2.64. The van der Waals surface area contributed by atoms with Gasteiger partial charge in [0.1, 0.15) is 12.1 Å². The smallest absolute Gasteiger partial charge is 0.254 e. The van der Waals surface area contributed by atoms with Gasteiger partial charge >= 0.3 is 0 Å². The highest BCUT2D eigenvalue weighted by Gasteiger charge is 2.28. The first kappa shape index (κ1) is 11.9. The molecule has 3 rings (SSSR count). The molecule has 0 atom stereocenters. The van der Waals surface area contributed by atoms with Gasteiger partial charge < -0.3 is 10.6 Å². The Kier molecular flexibility index (Phi) is 3.02. The maximum absolute atomic E-state index is 11.5. The second-order valence-corrected chi connectivity index (χ2v) is 4.75. The van der Waals surface area contributed by atoms with Crippen LogP contribution in [0.15, 0.2) is 12.4 Å². The lowest BCUT2D eigenvalue weighted by Gasteiger charge is -2.09. The monoisotopic (exact) mass is 260 g/mol. The van der Waals surface area contributed by atoms with E-state index in [4.69, 9.17) is 0 Å². The van der Waals surface area contributed by atoms with Crippen molar-refractivity contribution >= 4 is 17.5 Å². The zero-order valence-electron chi connectivity index (χ0n) is 10.8. The third-order valence-corrected chi connectivity index (χ3v) is 3.06. The molecule has 1 aliphatic carbocycles. The molecule has 2 heterocycles. The maximum atomic E-state index is 11.5. The fourth-order valence-corrected chi connectivity index (χ4v) is 1.92. The summed E-state index contributed by atoms with van der Waals surface area (Å²) in [6.07, 6.45) is 3.53. The number of aryl methyl sites for hydroxylation is 1. The van der Waals surface area contributed by atoms with Gasteiger partial charge in [0.15, 0.2) is 0 Å². The molecule has 0 aliphatic heterocycles. The van der Waals surface area contributed by atoms with Crippen LogP contribution in [-0.4, -0.2) is 38.6 Å². The standard InChI is InChI=1S/C12H16N6O/c1-8-6-10(18-12(17-8)15-7-16-18)13-4-5-14-11(19)9-2-3-9/h6-7,9,13H,2-5H2,1H3,(H,14,19). The summed E-state index contributed by atoms with van der Waals surface area (Å²) in [6.45, 7) is 3.17. The van der Waals surface area contributed by atoms with Gasteiger partial charge in [0.2, 0.25) is 5.91 Å². The van der Waals surface area contributed by atoms with E-state index in [0.29, 0.717) is 18.9 Å².